The maximum absolute atomic E-state index is 13.2. The van der Waals surface area contributed by atoms with Crippen molar-refractivity contribution in [3.8, 4) is 11.3 Å². The second-order valence-electron chi connectivity index (χ2n) is 11.7. The molecule has 1 N–H and O–H groups in total. The molecular weight excluding hydrogens is 558 g/mol. The van der Waals surface area contributed by atoms with E-state index >= 15 is 0 Å². The van der Waals surface area contributed by atoms with Gasteiger partial charge in [0, 0.05) is 55.9 Å². The third kappa shape index (κ3) is 5.79. The third-order valence-electron chi connectivity index (χ3n) is 8.72. The van der Waals surface area contributed by atoms with Gasteiger partial charge in [-0.05, 0) is 74.0 Å². The molecule has 4 aromatic rings. The summed E-state index contributed by atoms with van der Waals surface area (Å²) in [6, 6.07) is 15.4. The van der Waals surface area contributed by atoms with Crippen molar-refractivity contribution >= 4 is 28.8 Å². The minimum absolute atomic E-state index is 0.0908. The fourth-order valence-electron chi connectivity index (χ4n) is 6.10. The number of likely N-dealkylation sites (N-methyl/N-ethyl adjacent to an activating group) is 2. The summed E-state index contributed by atoms with van der Waals surface area (Å²) in [5.41, 5.74) is 6.64. The number of nitrogens with one attached hydrogen (secondary N) is 1. The Morgan fingerprint density at radius 3 is 2.56 bits per heavy atom. The van der Waals surface area contributed by atoms with Crippen LogP contribution in [0.2, 0.25) is 0 Å². The van der Waals surface area contributed by atoms with E-state index in [-0.39, 0.29) is 23.4 Å². The third-order valence-corrected chi connectivity index (χ3v) is 9.96. The molecule has 2 amide bonds. The highest BCUT2D eigenvalue weighted by molar-refractivity contribution is 7.14. The quantitative estimate of drug-likeness (QED) is 0.340. The number of thiophene rings is 1. The summed E-state index contributed by atoms with van der Waals surface area (Å²) in [6.07, 6.45) is 6.59. The molecule has 1 atom stereocenters. The summed E-state index contributed by atoms with van der Waals surface area (Å²) in [4.78, 5) is 49.8. The van der Waals surface area contributed by atoms with Gasteiger partial charge in [0.2, 0.25) is 5.91 Å². The van der Waals surface area contributed by atoms with Gasteiger partial charge in [-0.25, -0.2) is 4.98 Å². The number of amides is 2. The largest absolute Gasteiger partial charge is 0.343 e. The van der Waals surface area contributed by atoms with Gasteiger partial charge >= 0.3 is 0 Å². The van der Waals surface area contributed by atoms with Gasteiger partial charge in [0.15, 0.2) is 0 Å². The molecule has 0 radical (unpaired) electrons. The molecule has 2 aromatic heterocycles. The zero-order chi connectivity index (χ0) is 30.2. The molecule has 1 saturated heterocycles. The number of benzene rings is 2. The number of aromatic nitrogens is 2. The van der Waals surface area contributed by atoms with Gasteiger partial charge in [0.1, 0.15) is 11.7 Å². The monoisotopic (exact) mass is 595 g/mol. The number of aryl methyl sites for hydroxylation is 3. The Morgan fingerprint density at radius 1 is 1.02 bits per heavy atom. The number of hydrogen-bond acceptors (Lipinski definition) is 6. The molecule has 1 aliphatic heterocycles. The number of rotatable bonds is 6. The smallest absolute Gasteiger partial charge is 0.272 e. The fraction of sp³-hybridized carbons (Fsp3) is 0.353. The molecule has 9 heteroatoms. The van der Waals surface area contributed by atoms with Crippen molar-refractivity contribution in [3.63, 3.8) is 0 Å². The molecular formula is C34H37N5O3S. The SMILES string of the molecule is Cc1c(NC(=O)c2cc3c(s2)CCCC3)cccc1-c1cn(C)c(=O)c(Cc2ccc(C3C(=O)N(C)CCN3C)cc2)n1. The summed E-state index contributed by atoms with van der Waals surface area (Å²) in [5.74, 6) is -0.00185. The lowest BCUT2D eigenvalue weighted by Gasteiger charge is -2.37. The van der Waals surface area contributed by atoms with E-state index in [1.165, 1.54) is 23.3 Å². The normalized spacial score (nSPS) is 17.2. The molecule has 3 heterocycles. The number of carbonyl (C=O) groups is 2. The van der Waals surface area contributed by atoms with E-state index in [0.717, 1.165) is 58.7 Å². The molecule has 1 fully saturated rings. The first-order valence-corrected chi connectivity index (χ1v) is 15.6. The van der Waals surface area contributed by atoms with E-state index < -0.39 is 0 Å². The Bertz CT molecular complexity index is 1730. The molecule has 222 valence electrons. The Labute approximate surface area is 256 Å². The van der Waals surface area contributed by atoms with Crippen LogP contribution in [0.15, 0.2) is 59.5 Å². The first-order valence-electron chi connectivity index (χ1n) is 14.8. The van der Waals surface area contributed by atoms with E-state index in [2.05, 4.69) is 10.2 Å². The predicted octanol–water partition coefficient (Wildman–Crippen LogP) is 4.98. The Kier molecular flexibility index (Phi) is 8.03. The number of carbonyl (C=O) groups excluding carboxylic acids is 2. The molecule has 0 saturated carbocycles. The van der Waals surface area contributed by atoms with Crippen LogP contribution in [0.25, 0.3) is 11.3 Å². The van der Waals surface area contributed by atoms with Gasteiger partial charge in [-0.2, -0.15) is 0 Å². The maximum atomic E-state index is 13.2. The first-order chi connectivity index (χ1) is 20.7. The van der Waals surface area contributed by atoms with Gasteiger partial charge in [-0.15, -0.1) is 11.3 Å². The fourth-order valence-corrected chi connectivity index (χ4v) is 7.25. The first kappa shape index (κ1) is 29.0. The lowest BCUT2D eigenvalue weighted by molar-refractivity contribution is -0.139. The van der Waals surface area contributed by atoms with E-state index in [0.29, 0.717) is 17.8 Å². The van der Waals surface area contributed by atoms with Crippen LogP contribution in [-0.2, 0) is 31.1 Å². The van der Waals surface area contributed by atoms with Crippen LogP contribution in [0.3, 0.4) is 0 Å². The Hall–Kier alpha value is -4.08. The van der Waals surface area contributed by atoms with Gasteiger partial charge in [0.25, 0.3) is 11.5 Å². The van der Waals surface area contributed by atoms with Gasteiger partial charge in [-0.3, -0.25) is 19.3 Å². The van der Waals surface area contributed by atoms with Gasteiger partial charge in [0.05, 0.1) is 10.6 Å². The molecule has 1 aliphatic carbocycles. The summed E-state index contributed by atoms with van der Waals surface area (Å²) >= 11 is 1.60. The van der Waals surface area contributed by atoms with E-state index in [1.54, 1.807) is 34.0 Å². The van der Waals surface area contributed by atoms with Crippen molar-refractivity contribution in [2.24, 2.45) is 7.05 Å². The predicted molar refractivity (Wildman–Crippen MR) is 171 cm³/mol. The topological polar surface area (TPSA) is 87.5 Å². The summed E-state index contributed by atoms with van der Waals surface area (Å²) in [7, 11) is 5.55. The van der Waals surface area contributed by atoms with Crippen LogP contribution in [-0.4, -0.2) is 58.4 Å². The minimum atomic E-state index is -0.303. The second kappa shape index (κ2) is 11.9. The lowest BCUT2D eigenvalue weighted by Crippen LogP contribution is -2.48. The molecule has 2 aliphatic rings. The summed E-state index contributed by atoms with van der Waals surface area (Å²) < 4.78 is 1.57. The summed E-state index contributed by atoms with van der Waals surface area (Å²) in [6.45, 7) is 3.51. The summed E-state index contributed by atoms with van der Waals surface area (Å²) in [5, 5.41) is 3.11. The number of nitrogens with zero attached hydrogens (tertiary/aromatic N) is 4. The molecule has 2 aromatic carbocycles. The van der Waals surface area contributed by atoms with Crippen molar-refractivity contribution in [2.75, 3.05) is 32.5 Å². The minimum Gasteiger partial charge on any atom is -0.343 e. The molecule has 8 nitrogen and oxygen atoms in total. The highest BCUT2D eigenvalue weighted by Gasteiger charge is 2.32. The van der Waals surface area contributed by atoms with Crippen molar-refractivity contribution in [1.82, 2.24) is 19.4 Å². The number of anilines is 1. The zero-order valence-electron chi connectivity index (χ0n) is 25.1. The average Bonchev–Trinajstić information content (AvgIpc) is 3.44. The van der Waals surface area contributed by atoms with Gasteiger partial charge in [-0.1, -0.05) is 36.4 Å². The Morgan fingerprint density at radius 2 is 1.79 bits per heavy atom. The van der Waals surface area contributed by atoms with Crippen LogP contribution in [0.1, 0.15) is 61.4 Å². The molecule has 43 heavy (non-hydrogen) atoms. The number of hydrogen-bond donors (Lipinski definition) is 1. The van der Waals surface area contributed by atoms with Crippen LogP contribution in [0, 0.1) is 6.92 Å². The van der Waals surface area contributed by atoms with Crippen LogP contribution >= 0.6 is 11.3 Å². The lowest BCUT2D eigenvalue weighted by atomic mass is 9.99. The van der Waals surface area contributed by atoms with Crippen LogP contribution < -0.4 is 10.9 Å². The number of fused-ring (bicyclic) bond motifs is 1. The molecule has 1 unspecified atom stereocenters. The van der Waals surface area contributed by atoms with Crippen molar-refractivity contribution in [3.05, 3.63) is 103 Å². The second-order valence-corrected chi connectivity index (χ2v) is 12.9. The molecule has 6 rings (SSSR count). The van der Waals surface area contributed by atoms with Crippen molar-refractivity contribution in [2.45, 2.75) is 45.1 Å². The van der Waals surface area contributed by atoms with Crippen LogP contribution in [0.5, 0.6) is 0 Å². The standard InChI is InChI=1S/C34H37N5O3S/c1-21-25(9-7-10-26(21)36-32(40)30-19-24-8-5-6-11-29(24)43-30)28-20-39(4)33(41)27(35-28)18-22-12-14-23(15-13-22)31-34(42)38(3)17-16-37(31)2/h7,9-10,12-15,19-20,31H,5-6,8,11,16-18H2,1-4H3,(H,36,40). The average molecular weight is 596 g/mol. The van der Waals surface area contributed by atoms with Crippen molar-refractivity contribution in [1.29, 1.82) is 0 Å². The molecule has 0 bridgehead atoms. The van der Waals surface area contributed by atoms with Gasteiger partial charge < -0.3 is 14.8 Å². The van der Waals surface area contributed by atoms with E-state index in [1.807, 2.05) is 69.6 Å². The highest BCUT2D eigenvalue weighted by Crippen LogP contribution is 2.32. The zero-order valence-corrected chi connectivity index (χ0v) is 26.0. The Balaban J connectivity index is 1.24. The molecule has 0 spiro atoms. The van der Waals surface area contributed by atoms with E-state index in [9.17, 15) is 14.4 Å². The van der Waals surface area contributed by atoms with Crippen molar-refractivity contribution < 1.29 is 9.59 Å². The number of piperazine rings is 1. The highest BCUT2D eigenvalue weighted by atomic mass is 32.1. The maximum Gasteiger partial charge on any atom is 0.272 e. The van der Waals surface area contributed by atoms with E-state index in [4.69, 9.17) is 4.98 Å². The van der Waals surface area contributed by atoms with Crippen LogP contribution in [0.4, 0.5) is 5.69 Å².